The maximum absolute atomic E-state index is 12.5. The van der Waals surface area contributed by atoms with E-state index in [9.17, 15) is 13.2 Å². The van der Waals surface area contributed by atoms with Crippen LogP contribution in [0.1, 0.15) is 29.4 Å². The van der Waals surface area contributed by atoms with E-state index in [-0.39, 0.29) is 29.1 Å². The Morgan fingerprint density at radius 1 is 1.27 bits per heavy atom. The normalized spacial score (nSPS) is 18.5. The van der Waals surface area contributed by atoms with Gasteiger partial charge in [0, 0.05) is 24.5 Å². The molecule has 3 rings (SSSR count). The summed E-state index contributed by atoms with van der Waals surface area (Å²) in [5.41, 5.74) is 2.04. The summed E-state index contributed by atoms with van der Waals surface area (Å²) in [4.78, 5) is 22.9. The zero-order valence-electron chi connectivity index (χ0n) is 14.8. The number of rotatable bonds is 5. The number of amides is 1. The van der Waals surface area contributed by atoms with Crippen LogP contribution in [0, 0.1) is 6.92 Å². The van der Waals surface area contributed by atoms with Crippen molar-refractivity contribution in [1.82, 2.24) is 9.97 Å². The van der Waals surface area contributed by atoms with Crippen molar-refractivity contribution in [1.29, 1.82) is 0 Å². The van der Waals surface area contributed by atoms with Gasteiger partial charge in [-0.05, 0) is 38.5 Å². The van der Waals surface area contributed by atoms with Crippen LogP contribution in [-0.2, 0) is 9.84 Å². The lowest BCUT2D eigenvalue weighted by atomic mass is 10.2. The Hall–Kier alpha value is -2.48. The van der Waals surface area contributed by atoms with E-state index in [0.717, 1.165) is 5.56 Å². The third-order valence-corrected chi connectivity index (χ3v) is 6.18. The number of nitrogens with zero attached hydrogens (tertiary/aromatic N) is 3. The van der Waals surface area contributed by atoms with Gasteiger partial charge in [0.25, 0.3) is 5.91 Å². The van der Waals surface area contributed by atoms with Crippen molar-refractivity contribution in [2.45, 2.75) is 26.3 Å². The maximum atomic E-state index is 12.5. The molecule has 0 aliphatic carbocycles. The van der Waals surface area contributed by atoms with Crippen LogP contribution in [0.3, 0.4) is 0 Å². The molecule has 1 amide bonds. The number of carbonyl (C=O) groups is 1. The van der Waals surface area contributed by atoms with Crippen LogP contribution in [0.2, 0.25) is 0 Å². The largest absolute Gasteiger partial charge is 0.337 e. The van der Waals surface area contributed by atoms with Crippen LogP contribution < -0.4 is 10.2 Å². The van der Waals surface area contributed by atoms with E-state index < -0.39 is 9.84 Å². The van der Waals surface area contributed by atoms with Gasteiger partial charge in [0.05, 0.1) is 11.5 Å². The zero-order chi connectivity index (χ0) is 18.7. The van der Waals surface area contributed by atoms with Gasteiger partial charge in [-0.3, -0.25) is 4.79 Å². The van der Waals surface area contributed by atoms with Crippen LogP contribution >= 0.6 is 0 Å². The van der Waals surface area contributed by atoms with Gasteiger partial charge in [-0.25, -0.2) is 18.4 Å². The molecule has 1 aliphatic rings. The molecule has 0 bridgehead atoms. The number of anilines is 2. The number of aryl methyl sites for hydroxylation is 1. The predicted octanol–water partition coefficient (Wildman–Crippen LogP) is 2.05. The highest BCUT2D eigenvalue weighted by molar-refractivity contribution is 7.91. The first-order chi connectivity index (χ1) is 12.4. The molecule has 1 atom stereocenters. The Balaban J connectivity index is 1.78. The van der Waals surface area contributed by atoms with E-state index in [1.165, 1.54) is 6.20 Å². The molecule has 8 heteroatoms. The molecule has 1 aromatic heterocycles. The Bertz CT molecular complexity index is 897. The predicted molar refractivity (Wildman–Crippen MR) is 101 cm³/mol. The third kappa shape index (κ3) is 4.19. The molecule has 1 saturated heterocycles. The molecule has 1 fully saturated rings. The average Bonchev–Trinajstić information content (AvgIpc) is 2.97. The molecule has 1 aromatic carbocycles. The highest BCUT2D eigenvalue weighted by atomic mass is 32.2. The summed E-state index contributed by atoms with van der Waals surface area (Å²) in [5.74, 6) is 0.338. The fourth-order valence-electron chi connectivity index (χ4n) is 3.03. The number of sulfone groups is 1. The van der Waals surface area contributed by atoms with Gasteiger partial charge in [-0.2, -0.15) is 0 Å². The summed E-state index contributed by atoms with van der Waals surface area (Å²) < 4.78 is 23.5. The first kappa shape index (κ1) is 18.3. The van der Waals surface area contributed by atoms with Gasteiger partial charge >= 0.3 is 0 Å². The van der Waals surface area contributed by atoms with Gasteiger partial charge in [0.15, 0.2) is 9.84 Å². The molecule has 2 heterocycles. The van der Waals surface area contributed by atoms with Crippen LogP contribution in [0.25, 0.3) is 0 Å². The molecule has 26 heavy (non-hydrogen) atoms. The fourth-order valence-corrected chi connectivity index (χ4v) is 4.76. The highest BCUT2D eigenvalue weighted by Crippen LogP contribution is 2.21. The van der Waals surface area contributed by atoms with E-state index >= 15 is 0 Å². The Labute approximate surface area is 153 Å². The first-order valence-electron chi connectivity index (χ1n) is 8.56. The minimum absolute atomic E-state index is 0.101. The number of hydrogen-bond acceptors (Lipinski definition) is 6. The second-order valence-corrected chi connectivity index (χ2v) is 8.63. The lowest BCUT2D eigenvalue weighted by Crippen LogP contribution is -2.37. The van der Waals surface area contributed by atoms with E-state index in [0.29, 0.717) is 24.6 Å². The van der Waals surface area contributed by atoms with Gasteiger partial charge < -0.3 is 10.2 Å². The molecule has 0 saturated carbocycles. The summed E-state index contributed by atoms with van der Waals surface area (Å²) in [5, 5.41) is 2.81. The molecule has 0 spiro atoms. The van der Waals surface area contributed by atoms with Crippen molar-refractivity contribution in [2.75, 3.05) is 28.3 Å². The molecule has 1 N–H and O–H groups in total. The highest BCUT2D eigenvalue weighted by Gasteiger charge is 2.33. The molecular formula is C18H22N4O3S. The molecular weight excluding hydrogens is 352 g/mol. The number of nitrogens with one attached hydrogen (secondary N) is 1. The van der Waals surface area contributed by atoms with Crippen molar-refractivity contribution in [3.8, 4) is 0 Å². The Morgan fingerprint density at radius 2 is 2.00 bits per heavy atom. The zero-order valence-corrected chi connectivity index (χ0v) is 15.7. The standard InChI is InChI=1S/C18H22N4O3S/c1-3-22(15-9-11-26(24,25)12-15)18-19-10-8-16(21-18)17(23)20-14-6-4-13(2)5-7-14/h4-8,10,15H,3,9,11-12H2,1-2H3,(H,20,23). The quantitative estimate of drug-likeness (QED) is 0.861. The summed E-state index contributed by atoms with van der Waals surface area (Å²) >= 11 is 0. The van der Waals surface area contributed by atoms with Crippen molar-refractivity contribution in [3.05, 3.63) is 47.8 Å². The molecule has 2 aromatic rings. The molecule has 138 valence electrons. The van der Waals surface area contributed by atoms with Crippen LogP contribution in [0.4, 0.5) is 11.6 Å². The molecule has 1 aliphatic heterocycles. The second kappa shape index (κ2) is 7.41. The second-order valence-electron chi connectivity index (χ2n) is 6.40. The van der Waals surface area contributed by atoms with E-state index in [2.05, 4.69) is 15.3 Å². The molecule has 1 unspecified atom stereocenters. The molecule has 7 nitrogen and oxygen atoms in total. The Morgan fingerprint density at radius 3 is 2.62 bits per heavy atom. The Kier molecular flexibility index (Phi) is 5.22. The van der Waals surface area contributed by atoms with E-state index in [4.69, 9.17) is 0 Å². The van der Waals surface area contributed by atoms with Gasteiger partial charge in [-0.15, -0.1) is 0 Å². The van der Waals surface area contributed by atoms with Crippen LogP contribution in [0.15, 0.2) is 36.5 Å². The summed E-state index contributed by atoms with van der Waals surface area (Å²) in [6.07, 6.45) is 2.08. The summed E-state index contributed by atoms with van der Waals surface area (Å²) in [6, 6.07) is 8.89. The van der Waals surface area contributed by atoms with Crippen molar-refractivity contribution in [2.24, 2.45) is 0 Å². The lowest BCUT2D eigenvalue weighted by molar-refractivity contribution is 0.102. The first-order valence-corrected chi connectivity index (χ1v) is 10.4. The van der Waals surface area contributed by atoms with Crippen molar-refractivity contribution < 1.29 is 13.2 Å². The fraction of sp³-hybridized carbons (Fsp3) is 0.389. The van der Waals surface area contributed by atoms with Gasteiger partial charge in [0.2, 0.25) is 5.95 Å². The number of aromatic nitrogens is 2. The monoisotopic (exact) mass is 374 g/mol. The maximum Gasteiger partial charge on any atom is 0.274 e. The summed E-state index contributed by atoms with van der Waals surface area (Å²) in [7, 11) is -3.01. The average molecular weight is 374 g/mol. The number of carbonyl (C=O) groups excluding carboxylic acids is 1. The number of benzene rings is 1. The van der Waals surface area contributed by atoms with Gasteiger partial charge in [0.1, 0.15) is 5.69 Å². The smallest absolute Gasteiger partial charge is 0.274 e. The van der Waals surface area contributed by atoms with Gasteiger partial charge in [-0.1, -0.05) is 17.7 Å². The van der Waals surface area contributed by atoms with Crippen molar-refractivity contribution in [3.63, 3.8) is 0 Å². The summed E-state index contributed by atoms with van der Waals surface area (Å²) in [6.45, 7) is 4.47. The van der Waals surface area contributed by atoms with Crippen LogP contribution in [-0.4, -0.2) is 48.4 Å². The molecule has 0 radical (unpaired) electrons. The minimum Gasteiger partial charge on any atom is -0.337 e. The number of hydrogen-bond donors (Lipinski definition) is 1. The van der Waals surface area contributed by atoms with Crippen LogP contribution in [0.5, 0.6) is 0 Å². The van der Waals surface area contributed by atoms with E-state index in [1.807, 2.05) is 43.0 Å². The van der Waals surface area contributed by atoms with Crippen molar-refractivity contribution >= 4 is 27.4 Å². The SMILES string of the molecule is CCN(c1nccc(C(=O)Nc2ccc(C)cc2)n1)C1CCS(=O)(=O)C1. The topological polar surface area (TPSA) is 92.3 Å². The lowest BCUT2D eigenvalue weighted by Gasteiger charge is -2.26. The van der Waals surface area contributed by atoms with E-state index in [1.54, 1.807) is 6.07 Å². The third-order valence-electron chi connectivity index (χ3n) is 4.43. The minimum atomic E-state index is -3.01.